The molecule has 0 atom stereocenters. The van der Waals surface area contributed by atoms with Crippen molar-refractivity contribution in [3.05, 3.63) is 35.7 Å². The number of aryl methyl sites for hydroxylation is 1. The predicted molar refractivity (Wildman–Crippen MR) is 114 cm³/mol. The van der Waals surface area contributed by atoms with Gasteiger partial charge in [0.25, 0.3) is 0 Å². The van der Waals surface area contributed by atoms with Crippen LogP contribution in [0.4, 0.5) is 11.6 Å². The highest BCUT2D eigenvalue weighted by atomic mass is 32.2. The molecule has 2 aromatic heterocycles. The molecule has 0 aliphatic heterocycles. The van der Waals surface area contributed by atoms with E-state index in [9.17, 15) is 10.1 Å². The lowest BCUT2D eigenvalue weighted by Crippen LogP contribution is -2.08. The van der Waals surface area contributed by atoms with Crippen molar-refractivity contribution < 1.29 is 4.79 Å². The molecule has 1 aliphatic rings. The van der Waals surface area contributed by atoms with E-state index in [2.05, 4.69) is 31.7 Å². The molecule has 1 aliphatic carbocycles. The number of amides is 1. The average molecular weight is 401 g/mol. The van der Waals surface area contributed by atoms with Crippen molar-refractivity contribution in [3.8, 4) is 6.07 Å². The van der Waals surface area contributed by atoms with Crippen LogP contribution in [-0.2, 0) is 10.2 Å². The summed E-state index contributed by atoms with van der Waals surface area (Å²) < 4.78 is 0. The number of nitriles is 1. The van der Waals surface area contributed by atoms with Gasteiger partial charge in [-0.2, -0.15) is 5.26 Å². The maximum Gasteiger partial charge on any atom is 0.207 e. The van der Waals surface area contributed by atoms with Crippen molar-refractivity contribution in [2.24, 2.45) is 0 Å². The van der Waals surface area contributed by atoms with Gasteiger partial charge in [-0.15, -0.1) is 0 Å². The number of anilines is 2. The monoisotopic (exact) mass is 400 g/mol. The molecule has 0 saturated heterocycles. The van der Waals surface area contributed by atoms with Crippen molar-refractivity contribution >= 4 is 29.8 Å². The summed E-state index contributed by atoms with van der Waals surface area (Å²) in [5.41, 5.74) is 1.43. The number of rotatable bonds is 6. The predicted octanol–water partition coefficient (Wildman–Crippen LogP) is 3.98. The van der Waals surface area contributed by atoms with Gasteiger partial charge >= 0.3 is 0 Å². The van der Waals surface area contributed by atoms with Gasteiger partial charge in [-0.1, -0.05) is 31.7 Å². The number of aromatic nitrogens is 3. The Morgan fingerprint density at radius 1 is 1.32 bits per heavy atom. The molecular weight excluding hydrogens is 372 g/mol. The second-order valence-electron chi connectivity index (χ2n) is 5.79. The molecule has 2 heterocycles. The Kier molecular flexibility index (Phi) is 9.96. The standard InChI is InChI=1S/C15H15N5S.C3H7NO.C2H6/c1-10-8-17-14(21-2)20-13(10)19-12-5-3-4-11(18-12)15(9-16)6-7-15;1-2-4-3-5;1-2/h3-5,8H,6-7H2,1-2H3,(H,17,18,19,20);3H,2H2,1H3,(H,4,5);1-2H3. The molecule has 150 valence electrons. The van der Waals surface area contributed by atoms with Crippen LogP contribution in [0.2, 0.25) is 0 Å². The second-order valence-corrected chi connectivity index (χ2v) is 6.56. The molecule has 0 aromatic carbocycles. The Morgan fingerprint density at radius 3 is 2.54 bits per heavy atom. The van der Waals surface area contributed by atoms with Crippen molar-refractivity contribution in [2.45, 2.75) is 51.1 Å². The number of carbonyl (C=O) groups excluding carboxylic acids is 1. The first-order chi connectivity index (χ1) is 13.6. The number of hydrogen-bond acceptors (Lipinski definition) is 7. The van der Waals surface area contributed by atoms with E-state index < -0.39 is 0 Å². The van der Waals surface area contributed by atoms with Gasteiger partial charge in [-0.25, -0.2) is 15.0 Å². The van der Waals surface area contributed by atoms with E-state index in [1.165, 1.54) is 11.8 Å². The van der Waals surface area contributed by atoms with Gasteiger partial charge in [-0.05, 0) is 45.1 Å². The highest BCUT2D eigenvalue weighted by molar-refractivity contribution is 7.98. The van der Waals surface area contributed by atoms with Crippen LogP contribution in [0.15, 0.2) is 29.6 Å². The summed E-state index contributed by atoms with van der Waals surface area (Å²) in [5, 5.41) is 15.6. The molecule has 1 fully saturated rings. The normalized spacial score (nSPS) is 12.9. The smallest absolute Gasteiger partial charge is 0.207 e. The zero-order valence-corrected chi connectivity index (χ0v) is 17.9. The minimum Gasteiger partial charge on any atom is -0.359 e. The molecule has 1 saturated carbocycles. The van der Waals surface area contributed by atoms with E-state index in [-0.39, 0.29) is 5.41 Å². The Balaban J connectivity index is 0.000000490. The van der Waals surface area contributed by atoms with E-state index in [0.717, 1.165) is 41.6 Å². The third kappa shape index (κ3) is 6.50. The molecule has 2 aromatic rings. The first-order valence-electron chi connectivity index (χ1n) is 9.29. The fraction of sp³-hybridized carbons (Fsp3) is 0.450. The number of nitrogens with one attached hydrogen (secondary N) is 2. The van der Waals surface area contributed by atoms with Gasteiger partial charge in [0.2, 0.25) is 6.41 Å². The maximum atomic E-state index is 9.29. The number of hydrogen-bond donors (Lipinski definition) is 2. The van der Waals surface area contributed by atoms with E-state index >= 15 is 0 Å². The Morgan fingerprint density at radius 2 is 2.04 bits per heavy atom. The molecule has 3 rings (SSSR count). The lowest BCUT2D eigenvalue weighted by molar-refractivity contribution is -0.109. The van der Waals surface area contributed by atoms with Gasteiger partial charge < -0.3 is 10.6 Å². The van der Waals surface area contributed by atoms with Gasteiger partial charge in [0.1, 0.15) is 11.6 Å². The van der Waals surface area contributed by atoms with Crippen molar-refractivity contribution in [1.29, 1.82) is 5.26 Å². The van der Waals surface area contributed by atoms with Gasteiger partial charge in [0.15, 0.2) is 5.16 Å². The van der Waals surface area contributed by atoms with E-state index in [0.29, 0.717) is 12.2 Å². The zero-order chi connectivity index (χ0) is 21.0. The van der Waals surface area contributed by atoms with Crippen LogP contribution in [0.3, 0.4) is 0 Å². The maximum absolute atomic E-state index is 9.29. The fourth-order valence-electron chi connectivity index (χ4n) is 2.18. The number of pyridine rings is 1. The third-order valence-corrected chi connectivity index (χ3v) is 4.43. The van der Waals surface area contributed by atoms with Crippen molar-refractivity contribution in [2.75, 3.05) is 18.1 Å². The Hall–Kier alpha value is -2.66. The van der Waals surface area contributed by atoms with Crippen LogP contribution >= 0.6 is 11.8 Å². The van der Waals surface area contributed by atoms with Crippen molar-refractivity contribution in [1.82, 2.24) is 20.3 Å². The zero-order valence-electron chi connectivity index (χ0n) is 17.1. The Labute approximate surface area is 171 Å². The summed E-state index contributed by atoms with van der Waals surface area (Å²) in [4.78, 5) is 22.5. The molecule has 1 amide bonds. The number of carbonyl (C=O) groups is 1. The first-order valence-corrected chi connectivity index (χ1v) is 10.5. The summed E-state index contributed by atoms with van der Waals surface area (Å²) in [6.45, 7) is 8.55. The summed E-state index contributed by atoms with van der Waals surface area (Å²) in [6, 6.07) is 8.10. The van der Waals surface area contributed by atoms with Crippen LogP contribution in [0, 0.1) is 18.3 Å². The number of nitrogens with zero attached hydrogens (tertiary/aromatic N) is 4. The fourth-order valence-corrected chi connectivity index (χ4v) is 2.52. The van der Waals surface area contributed by atoms with E-state index in [1.54, 1.807) is 6.20 Å². The number of thioether (sulfide) groups is 1. The van der Waals surface area contributed by atoms with Crippen molar-refractivity contribution in [3.63, 3.8) is 0 Å². The molecule has 2 N–H and O–H groups in total. The van der Waals surface area contributed by atoms with Crippen LogP contribution < -0.4 is 10.6 Å². The summed E-state index contributed by atoms with van der Waals surface area (Å²) in [7, 11) is 0. The molecule has 0 bridgehead atoms. The molecule has 28 heavy (non-hydrogen) atoms. The quantitative estimate of drug-likeness (QED) is 0.429. The average Bonchev–Trinajstić information content (AvgIpc) is 3.54. The van der Waals surface area contributed by atoms with Crippen LogP contribution in [0.5, 0.6) is 0 Å². The molecular formula is C20H28N6OS. The second kappa shape index (κ2) is 11.9. The minimum atomic E-state index is -0.372. The minimum absolute atomic E-state index is 0.372. The van der Waals surface area contributed by atoms with Crippen LogP contribution in [0.1, 0.15) is 44.9 Å². The van der Waals surface area contributed by atoms with Gasteiger partial charge in [0, 0.05) is 18.3 Å². The van der Waals surface area contributed by atoms with E-state index in [1.807, 2.05) is 52.1 Å². The van der Waals surface area contributed by atoms with E-state index in [4.69, 9.17) is 0 Å². The lowest BCUT2D eigenvalue weighted by Gasteiger charge is -2.11. The molecule has 0 spiro atoms. The Bertz CT molecular complexity index is 802. The third-order valence-electron chi connectivity index (χ3n) is 3.87. The largest absolute Gasteiger partial charge is 0.359 e. The van der Waals surface area contributed by atoms with Crippen LogP contribution in [0.25, 0.3) is 0 Å². The highest BCUT2D eigenvalue weighted by Gasteiger charge is 2.46. The molecule has 0 unspecified atom stereocenters. The highest BCUT2D eigenvalue weighted by Crippen LogP contribution is 2.46. The molecule has 8 heteroatoms. The molecule has 7 nitrogen and oxygen atoms in total. The summed E-state index contributed by atoms with van der Waals surface area (Å²) in [6.07, 6.45) is 6.20. The topological polar surface area (TPSA) is 104 Å². The van der Waals surface area contributed by atoms with Gasteiger partial charge in [-0.3, -0.25) is 4.79 Å². The first kappa shape index (κ1) is 23.4. The van der Waals surface area contributed by atoms with Gasteiger partial charge in [0.05, 0.1) is 17.2 Å². The van der Waals surface area contributed by atoms with Crippen LogP contribution in [-0.4, -0.2) is 34.2 Å². The SMILES string of the molecule is CC.CCNC=O.CSc1ncc(C)c(Nc2cccc(C3(C#N)CC3)n2)n1. The lowest BCUT2D eigenvalue weighted by atomic mass is 10.0. The summed E-state index contributed by atoms with van der Waals surface area (Å²) >= 11 is 1.50. The molecule has 0 radical (unpaired) electrons. The summed E-state index contributed by atoms with van der Waals surface area (Å²) in [5.74, 6) is 1.46.